The lowest BCUT2D eigenvalue weighted by Gasteiger charge is -2.23. The van der Waals surface area contributed by atoms with Crippen LogP contribution in [0.2, 0.25) is 0 Å². The van der Waals surface area contributed by atoms with Crippen LogP contribution in [0, 0.1) is 11.2 Å². The van der Waals surface area contributed by atoms with Crippen LogP contribution in [0.5, 0.6) is 0 Å². The molecule has 0 bridgehead atoms. The molecular formula is C19H18FN3O2. The second kappa shape index (κ2) is 5.95. The largest absolute Gasteiger partial charge is 0.338 e. The molecule has 2 aliphatic heterocycles. The Kier molecular flexibility index (Phi) is 3.75. The second-order valence-electron chi connectivity index (χ2n) is 6.68. The first-order valence-electron chi connectivity index (χ1n) is 8.36. The van der Waals surface area contributed by atoms with Gasteiger partial charge in [-0.3, -0.25) is 14.6 Å². The highest BCUT2D eigenvalue weighted by atomic mass is 19.1. The Hall–Kier alpha value is -2.76. The Labute approximate surface area is 145 Å². The van der Waals surface area contributed by atoms with Gasteiger partial charge >= 0.3 is 0 Å². The van der Waals surface area contributed by atoms with Gasteiger partial charge in [0, 0.05) is 31.4 Å². The third-order valence-corrected chi connectivity index (χ3v) is 5.20. The Morgan fingerprint density at radius 3 is 2.60 bits per heavy atom. The van der Waals surface area contributed by atoms with Crippen LogP contribution in [0.15, 0.2) is 48.8 Å². The van der Waals surface area contributed by atoms with E-state index in [4.69, 9.17) is 0 Å². The number of hydrogen-bond acceptors (Lipinski definition) is 3. The first-order valence-corrected chi connectivity index (χ1v) is 8.36. The molecule has 3 heterocycles. The molecule has 4 rings (SSSR count). The monoisotopic (exact) mass is 339 g/mol. The molecule has 5 nitrogen and oxygen atoms in total. The van der Waals surface area contributed by atoms with Crippen LogP contribution >= 0.6 is 0 Å². The summed E-state index contributed by atoms with van der Waals surface area (Å²) in [4.78, 5) is 33.2. The first-order chi connectivity index (χ1) is 12.1. The van der Waals surface area contributed by atoms with Gasteiger partial charge in [0.1, 0.15) is 5.82 Å². The van der Waals surface area contributed by atoms with Gasteiger partial charge in [-0.25, -0.2) is 4.39 Å². The van der Waals surface area contributed by atoms with Gasteiger partial charge in [-0.2, -0.15) is 0 Å². The Morgan fingerprint density at radius 2 is 1.88 bits per heavy atom. The van der Waals surface area contributed by atoms with Crippen LogP contribution in [-0.4, -0.2) is 41.3 Å². The quantitative estimate of drug-likeness (QED) is 0.845. The summed E-state index contributed by atoms with van der Waals surface area (Å²) in [5.41, 5.74) is 0.742. The SMILES string of the molecule is O=C(c1ccc(F)cc1)N1CC[C@]2(CCN(c3cccnc3)C2=O)C1. The number of pyridine rings is 1. The molecule has 2 aromatic rings. The van der Waals surface area contributed by atoms with E-state index in [1.807, 2.05) is 12.1 Å². The summed E-state index contributed by atoms with van der Waals surface area (Å²) in [6.07, 6.45) is 4.76. The molecule has 0 aliphatic carbocycles. The van der Waals surface area contributed by atoms with E-state index in [1.54, 1.807) is 22.2 Å². The molecule has 2 fully saturated rings. The maximum atomic E-state index is 13.0. The fourth-order valence-corrected chi connectivity index (χ4v) is 3.78. The van der Waals surface area contributed by atoms with E-state index in [-0.39, 0.29) is 17.6 Å². The Morgan fingerprint density at radius 1 is 1.12 bits per heavy atom. The first kappa shape index (κ1) is 15.7. The summed E-state index contributed by atoms with van der Waals surface area (Å²) in [5, 5.41) is 0. The van der Waals surface area contributed by atoms with E-state index in [9.17, 15) is 14.0 Å². The summed E-state index contributed by atoms with van der Waals surface area (Å²) >= 11 is 0. The van der Waals surface area contributed by atoms with Crippen LogP contribution in [0.25, 0.3) is 0 Å². The number of carbonyl (C=O) groups is 2. The predicted molar refractivity (Wildman–Crippen MR) is 90.6 cm³/mol. The molecule has 128 valence electrons. The third-order valence-electron chi connectivity index (χ3n) is 5.20. The Balaban J connectivity index is 1.51. The number of anilines is 1. The molecule has 1 aromatic heterocycles. The maximum Gasteiger partial charge on any atom is 0.253 e. The second-order valence-corrected chi connectivity index (χ2v) is 6.68. The van der Waals surface area contributed by atoms with Crippen LogP contribution in [0.4, 0.5) is 10.1 Å². The molecule has 0 radical (unpaired) electrons. The van der Waals surface area contributed by atoms with Crippen molar-refractivity contribution in [3.05, 3.63) is 60.2 Å². The van der Waals surface area contributed by atoms with Crippen molar-refractivity contribution < 1.29 is 14.0 Å². The van der Waals surface area contributed by atoms with Crippen molar-refractivity contribution in [1.82, 2.24) is 9.88 Å². The molecule has 0 unspecified atom stereocenters. The topological polar surface area (TPSA) is 53.5 Å². The van der Waals surface area contributed by atoms with Crippen molar-refractivity contribution in [2.75, 3.05) is 24.5 Å². The fraction of sp³-hybridized carbons (Fsp3) is 0.316. The summed E-state index contributed by atoms with van der Waals surface area (Å²) in [6, 6.07) is 9.23. The van der Waals surface area contributed by atoms with E-state index in [1.165, 1.54) is 24.3 Å². The van der Waals surface area contributed by atoms with Gasteiger partial charge in [0.05, 0.1) is 17.3 Å². The molecule has 2 amide bonds. The molecule has 6 heteroatoms. The zero-order chi connectivity index (χ0) is 17.4. The molecule has 1 atom stereocenters. The number of rotatable bonds is 2. The van der Waals surface area contributed by atoms with E-state index < -0.39 is 5.41 Å². The summed E-state index contributed by atoms with van der Waals surface area (Å²) < 4.78 is 13.0. The number of carbonyl (C=O) groups excluding carboxylic acids is 2. The predicted octanol–water partition coefficient (Wildman–Crippen LogP) is 2.49. The highest BCUT2D eigenvalue weighted by Gasteiger charge is 2.52. The van der Waals surface area contributed by atoms with Crippen molar-refractivity contribution >= 4 is 17.5 Å². The van der Waals surface area contributed by atoms with Gasteiger partial charge in [0.2, 0.25) is 5.91 Å². The number of likely N-dealkylation sites (tertiary alicyclic amines) is 1. The van der Waals surface area contributed by atoms with Gasteiger partial charge in [0.25, 0.3) is 5.91 Å². The normalized spacial score (nSPS) is 22.8. The zero-order valence-electron chi connectivity index (χ0n) is 13.7. The van der Waals surface area contributed by atoms with Gasteiger partial charge in [0.15, 0.2) is 0 Å². The molecule has 0 saturated carbocycles. The minimum absolute atomic E-state index is 0.0647. The van der Waals surface area contributed by atoms with Crippen molar-refractivity contribution in [3.8, 4) is 0 Å². The number of aromatic nitrogens is 1. The van der Waals surface area contributed by atoms with Gasteiger partial charge in [-0.15, -0.1) is 0 Å². The van der Waals surface area contributed by atoms with E-state index in [0.29, 0.717) is 31.6 Å². The standard InChI is InChI=1S/C19H18FN3O2/c20-15-5-3-14(4-6-15)17(24)22-10-7-19(13-22)8-11-23(18(19)25)16-2-1-9-21-12-16/h1-6,9,12H,7-8,10-11,13H2/t19-/m0/s1. The number of nitrogens with zero attached hydrogens (tertiary/aromatic N) is 3. The fourth-order valence-electron chi connectivity index (χ4n) is 3.78. The number of hydrogen-bond donors (Lipinski definition) is 0. The summed E-state index contributed by atoms with van der Waals surface area (Å²) in [5.74, 6) is -0.452. The van der Waals surface area contributed by atoms with E-state index in [0.717, 1.165) is 12.1 Å². The van der Waals surface area contributed by atoms with Crippen LogP contribution in [-0.2, 0) is 4.79 Å². The van der Waals surface area contributed by atoms with Crippen LogP contribution in [0.1, 0.15) is 23.2 Å². The maximum absolute atomic E-state index is 13.0. The minimum atomic E-state index is -0.508. The molecular weight excluding hydrogens is 321 g/mol. The van der Waals surface area contributed by atoms with Crippen molar-refractivity contribution in [3.63, 3.8) is 0 Å². The molecule has 0 N–H and O–H groups in total. The molecule has 2 saturated heterocycles. The molecule has 2 aliphatic rings. The number of benzene rings is 1. The number of amides is 2. The average molecular weight is 339 g/mol. The smallest absolute Gasteiger partial charge is 0.253 e. The average Bonchev–Trinajstić information content (AvgIpc) is 3.21. The van der Waals surface area contributed by atoms with Crippen molar-refractivity contribution in [1.29, 1.82) is 0 Å². The molecule has 25 heavy (non-hydrogen) atoms. The summed E-state index contributed by atoms with van der Waals surface area (Å²) in [6.45, 7) is 1.60. The van der Waals surface area contributed by atoms with Crippen LogP contribution < -0.4 is 4.90 Å². The van der Waals surface area contributed by atoms with Crippen molar-refractivity contribution in [2.24, 2.45) is 5.41 Å². The van der Waals surface area contributed by atoms with E-state index >= 15 is 0 Å². The van der Waals surface area contributed by atoms with Gasteiger partial charge in [-0.05, 0) is 49.2 Å². The highest BCUT2D eigenvalue weighted by molar-refractivity contribution is 6.01. The molecule has 1 aromatic carbocycles. The van der Waals surface area contributed by atoms with E-state index in [2.05, 4.69) is 4.98 Å². The number of halogens is 1. The lowest BCUT2D eigenvalue weighted by molar-refractivity contribution is -0.124. The zero-order valence-corrected chi connectivity index (χ0v) is 13.7. The van der Waals surface area contributed by atoms with Crippen LogP contribution in [0.3, 0.4) is 0 Å². The highest BCUT2D eigenvalue weighted by Crippen LogP contribution is 2.42. The summed E-state index contributed by atoms with van der Waals surface area (Å²) in [7, 11) is 0. The Bertz CT molecular complexity index is 809. The minimum Gasteiger partial charge on any atom is -0.338 e. The lowest BCUT2D eigenvalue weighted by Crippen LogP contribution is -2.38. The van der Waals surface area contributed by atoms with Gasteiger partial charge in [-0.1, -0.05) is 0 Å². The van der Waals surface area contributed by atoms with Gasteiger partial charge < -0.3 is 9.80 Å². The third kappa shape index (κ3) is 2.67. The lowest BCUT2D eigenvalue weighted by atomic mass is 9.85. The molecule has 1 spiro atoms. The van der Waals surface area contributed by atoms with Crippen molar-refractivity contribution in [2.45, 2.75) is 12.8 Å².